The molecule has 166 valence electrons. The van der Waals surface area contributed by atoms with Crippen molar-refractivity contribution in [3.8, 4) is 27.8 Å². The van der Waals surface area contributed by atoms with Crippen LogP contribution < -0.4 is 9.47 Å². The van der Waals surface area contributed by atoms with Crippen molar-refractivity contribution in [1.29, 1.82) is 0 Å². The normalized spacial score (nSPS) is 11.5. The van der Waals surface area contributed by atoms with Crippen molar-refractivity contribution in [1.82, 2.24) is 25.2 Å². The molecular weight excluding hydrogens is 463 g/mol. The van der Waals surface area contributed by atoms with Gasteiger partial charge in [0, 0.05) is 22.8 Å². The molecule has 0 saturated heterocycles. The van der Waals surface area contributed by atoms with E-state index in [-0.39, 0.29) is 0 Å². The highest BCUT2D eigenvalue weighted by molar-refractivity contribution is 7.98. The fourth-order valence-electron chi connectivity index (χ4n) is 2.83. The maximum absolute atomic E-state index is 12.8. The summed E-state index contributed by atoms with van der Waals surface area (Å²) in [5, 5.41) is 14.9. The molecular formula is C20H16F3N5O2S2. The van der Waals surface area contributed by atoms with Crippen molar-refractivity contribution < 1.29 is 22.6 Å². The molecule has 0 unspecified atom stereocenters. The summed E-state index contributed by atoms with van der Waals surface area (Å²) in [7, 11) is 3.12. The van der Waals surface area contributed by atoms with Crippen molar-refractivity contribution in [2.75, 3.05) is 14.2 Å². The number of methoxy groups -OCH3 is 2. The van der Waals surface area contributed by atoms with E-state index in [9.17, 15) is 13.2 Å². The lowest BCUT2D eigenvalue weighted by Crippen LogP contribution is -2.03. The molecule has 0 saturated carbocycles. The molecule has 0 N–H and O–H groups in total. The van der Waals surface area contributed by atoms with Crippen LogP contribution in [0.5, 0.6) is 11.5 Å². The average molecular weight is 480 g/mol. The number of tetrazole rings is 1. The monoisotopic (exact) mass is 479 g/mol. The Hall–Kier alpha value is -3.12. The SMILES string of the molecule is COc1ccc(OC)c(-n2nnnc2SCc2csc(-c3ccc(C(F)(F)F)cc3)n2)c1. The van der Waals surface area contributed by atoms with E-state index in [1.807, 2.05) is 5.38 Å². The summed E-state index contributed by atoms with van der Waals surface area (Å²) in [5.41, 5.74) is 1.34. The molecule has 2 aromatic carbocycles. The lowest BCUT2D eigenvalue weighted by molar-refractivity contribution is -0.137. The summed E-state index contributed by atoms with van der Waals surface area (Å²) in [5.74, 6) is 1.69. The predicted molar refractivity (Wildman–Crippen MR) is 114 cm³/mol. The smallest absolute Gasteiger partial charge is 0.416 e. The van der Waals surface area contributed by atoms with E-state index in [0.29, 0.717) is 38.7 Å². The van der Waals surface area contributed by atoms with Crippen molar-refractivity contribution in [2.45, 2.75) is 17.1 Å². The quantitative estimate of drug-likeness (QED) is 0.341. The van der Waals surface area contributed by atoms with Gasteiger partial charge in [-0.3, -0.25) is 0 Å². The van der Waals surface area contributed by atoms with Crippen molar-refractivity contribution in [2.24, 2.45) is 0 Å². The third-order valence-corrected chi connectivity index (χ3v) is 6.31. The molecule has 0 bridgehead atoms. The molecule has 7 nitrogen and oxygen atoms in total. The molecule has 12 heteroatoms. The Morgan fingerprint density at radius 3 is 2.53 bits per heavy atom. The van der Waals surface area contributed by atoms with E-state index in [0.717, 1.165) is 17.8 Å². The van der Waals surface area contributed by atoms with Gasteiger partial charge < -0.3 is 9.47 Å². The third kappa shape index (κ3) is 4.70. The number of nitrogens with zero attached hydrogens (tertiary/aromatic N) is 5. The fraction of sp³-hybridized carbons (Fsp3) is 0.200. The zero-order valence-corrected chi connectivity index (χ0v) is 18.5. The molecule has 2 aromatic heterocycles. The fourth-order valence-corrected chi connectivity index (χ4v) is 4.54. The van der Waals surface area contributed by atoms with Crippen LogP contribution in [0.2, 0.25) is 0 Å². The average Bonchev–Trinajstić information content (AvgIpc) is 3.46. The Kier molecular flexibility index (Phi) is 6.33. The molecule has 0 radical (unpaired) electrons. The first-order chi connectivity index (χ1) is 15.4. The van der Waals surface area contributed by atoms with Gasteiger partial charge in [-0.05, 0) is 34.7 Å². The van der Waals surface area contributed by atoms with Gasteiger partial charge in [-0.2, -0.15) is 17.9 Å². The predicted octanol–water partition coefficient (Wildman–Crippen LogP) is 5.11. The van der Waals surface area contributed by atoms with E-state index in [4.69, 9.17) is 9.47 Å². The van der Waals surface area contributed by atoms with Gasteiger partial charge in [-0.1, -0.05) is 23.9 Å². The molecule has 2 heterocycles. The number of thiazole rings is 1. The first-order valence-electron chi connectivity index (χ1n) is 9.14. The van der Waals surface area contributed by atoms with Crippen LogP contribution in [-0.4, -0.2) is 39.4 Å². The summed E-state index contributed by atoms with van der Waals surface area (Å²) >= 11 is 2.74. The highest BCUT2D eigenvalue weighted by Crippen LogP contribution is 2.33. The molecule has 0 aliphatic heterocycles. The minimum Gasteiger partial charge on any atom is -0.497 e. The number of halogens is 3. The van der Waals surface area contributed by atoms with Crippen LogP contribution in [0, 0.1) is 0 Å². The molecule has 4 aromatic rings. The summed E-state index contributed by atoms with van der Waals surface area (Å²) < 4.78 is 50.5. The number of hydrogen-bond acceptors (Lipinski definition) is 8. The number of hydrogen-bond donors (Lipinski definition) is 0. The van der Waals surface area contributed by atoms with Crippen LogP contribution in [-0.2, 0) is 11.9 Å². The van der Waals surface area contributed by atoms with Crippen LogP contribution in [0.4, 0.5) is 13.2 Å². The molecule has 0 aliphatic carbocycles. The van der Waals surface area contributed by atoms with E-state index in [2.05, 4.69) is 20.5 Å². The molecule has 0 atom stereocenters. The van der Waals surface area contributed by atoms with Gasteiger partial charge in [-0.25, -0.2) is 4.98 Å². The van der Waals surface area contributed by atoms with Crippen molar-refractivity contribution in [3.05, 3.63) is 59.1 Å². The van der Waals surface area contributed by atoms with Gasteiger partial charge in [0.2, 0.25) is 5.16 Å². The Morgan fingerprint density at radius 2 is 1.84 bits per heavy atom. The Balaban J connectivity index is 1.50. The topological polar surface area (TPSA) is 75.0 Å². The van der Waals surface area contributed by atoms with Crippen LogP contribution in [0.3, 0.4) is 0 Å². The van der Waals surface area contributed by atoms with Gasteiger partial charge >= 0.3 is 6.18 Å². The van der Waals surface area contributed by atoms with Crippen LogP contribution in [0.1, 0.15) is 11.3 Å². The van der Waals surface area contributed by atoms with E-state index < -0.39 is 11.7 Å². The number of thioether (sulfide) groups is 1. The molecule has 4 rings (SSSR count). The summed E-state index contributed by atoms with van der Waals surface area (Å²) in [6, 6.07) is 10.3. The second kappa shape index (κ2) is 9.17. The summed E-state index contributed by atoms with van der Waals surface area (Å²) in [6.45, 7) is 0. The van der Waals surface area contributed by atoms with Crippen molar-refractivity contribution >= 4 is 23.1 Å². The molecule has 0 amide bonds. The number of aromatic nitrogens is 5. The summed E-state index contributed by atoms with van der Waals surface area (Å²) in [4.78, 5) is 4.53. The lowest BCUT2D eigenvalue weighted by atomic mass is 10.1. The summed E-state index contributed by atoms with van der Waals surface area (Å²) in [6.07, 6.45) is -4.36. The van der Waals surface area contributed by atoms with Gasteiger partial charge in [0.1, 0.15) is 22.2 Å². The second-order valence-corrected chi connectivity index (χ2v) is 8.22. The van der Waals surface area contributed by atoms with Crippen molar-refractivity contribution in [3.63, 3.8) is 0 Å². The van der Waals surface area contributed by atoms with E-state index >= 15 is 0 Å². The maximum Gasteiger partial charge on any atom is 0.416 e. The van der Waals surface area contributed by atoms with E-state index in [1.165, 1.54) is 35.2 Å². The Morgan fingerprint density at radius 1 is 1.06 bits per heavy atom. The van der Waals surface area contributed by atoms with Gasteiger partial charge in [0.05, 0.1) is 25.5 Å². The standard InChI is InChI=1S/C20H16F3N5O2S2/c1-29-15-7-8-17(30-2)16(9-15)28-19(25-26-27-28)32-11-14-10-31-18(24-14)12-3-5-13(6-4-12)20(21,22)23/h3-10H,11H2,1-2H3. The number of ether oxygens (including phenoxy) is 2. The number of alkyl halides is 3. The van der Waals surface area contributed by atoms with Crippen LogP contribution >= 0.6 is 23.1 Å². The molecule has 0 aliphatic rings. The highest BCUT2D eigenvalue weighted by atomic mass is 32.2. The zero-order valence-electron chi connectivity index (χ0n) is 16.8. The highest BCUT2D eigenvalue weighted by Gasteiger charge is 2.30. The number of rotatable bonds is 7. The van der Waals surface area contributed by atoms with Gasteiger partial charge in [0.25, 0.3) is 0 Å². The minimum absolute atomic E-state index is 0.476. The molecule has 0 spiro atoms. The molecule has 32 heavy (non-hydrogen) atoms. The first kappa shape index (κ1) is 22.1. The van der Waals surface area contributed by atoms with Crippen LogP contribution in [0.25, 0.3) is 16.3 Å². The third-order valence-electron chi connectivity index (χ3n) is 4.42. The Bertz CT molecular complexity index is 1210. The molecule has 0 fully saturated rings. The minimum atomic E-state index is -4.36. The lowest BCUT2D eigenvalue weighted by Gasteiger charge is -2.10. The van der Waals surface area contributed by atoms with Crippen LogP contribution in [0.15, 0.2) is 53.0 Å². The van der Waals surface area contributed by atoms with Gasteiger partial charge in [0.15, 0.2) is 0 Å². The first-order valence-corrected chi connectivity index (χ1v) is 11.0. The second-order valence-electron chi connectivity index (χ2n) is 6.42. The maximum atomic E-state index is 12.8. The van der Waals surface area contributed by atoms with Gasteiger partial charge in [-0.15, -0.1) is 16.4 Å². The Labute approximate surface area is 189 Å². The largest absolute Gasteiger partial charge is 0.497 e. The van der Waals surface area contributed by atoms with E-state index in [1.54, 1.807) is 37.1 Å². The zero-order chi connectivity index (χ0) is 22.7. The number of benzene rings is 2.